The lowest BCUT2D eigenvalue weighted by atomic mass is 10.2. The normalized spacial score (nSPS) is 12.1. The third kappa shape index (κ3) is 3.89. The molecule has 0 aromatic heterocycles. The van der Waals surface area contributed by atoms with Gasteiger partial charge in [-0.3, -0.25) is 0 Å². The molecule has 7 heteroatoms. The van der Waals surface area contributed by atoms with Crippen LogP contribution < -0.4 is 0 Å². The molecule has 0 saturated carbocycles. The van der Waals surface area contributed by atoms with E-state index in [2.05, 4.69) is 0 Å². The molecule has 0 radical (unpaired) electrons. The molecule has 0 spiro atoms. The molecule has 0 fully saturated rings. The topological polar surface area (TPSA) is 46.6 Å². The Morgan fingerprint density at radius 3 is 2.63 bits per heavy atom. The van der Waals surface area contributed by atoms with Gasteiger partial charge in [0.05, 0.1) is 17.4 Å². The first kappa shape index (κ1) is 16.4. The SMILES string of the molecule is CCN(CCOC)S(=O)(=O)c1ccc(F)c(CCl)c1. The third-order valence-corrected chi connectivity index (χ3v) is 4.95. The van der Waals surface area contributed by atoms with Crippen molar-refractivity contribution in [2.24, 2.45) is 0 Å². The zero-order valence-electron chi connectivity index (χ0n) is 10.9. The highest BCUT2D eigenvalue weighted by atomic mass is 35.5. The lowest BCUT2D eigenvalue weighted by Gasteiger charge is -2.20. The number of hydrogen-bond donors (Lipinski definition) is 0. The summed E-state index contributed by atoms with van der Waals surface area (Å²) in [6.45, 7) is 2.61. The highest BCUT2D eigenvalue weighted by Gasteiger charge is 2.23. The van der Waals surface area contributed by atoms with Gasteiger partial charge in [-0.25, -0.2) is 12.8 Å². The summed E-state index contributed by atoms with van der Waals surface area (Å²) in [7, 11) is -2.14. The lowest BCUT2D eigenvalue weighted by molar-refractivity contribution is 0.180. The number of halogens is 2. The van der Waals surface area contributed by atoms with Crippen LogP contribution in [0.1, 0.15) is 12.5 Å². The van der Waals surface area contributed by atoms with Crippen LogP contribution in [0.15, 0.2) is 23.1 Å². The molecule has 0 saturated heterocycles. The smallest absolute Gasteiger partial charge is 0.243 e. The molecule has 0 heterocycles. The van der Waals surface area contributed by atoms with Crippen molar-refractivity contribution in [3.05, 3.63) is 29.6 Å². The first-order valence-electron chi connectivity index (χ1n) is 5.80. The summed E-state index contributed by atoms with van der Waals surface area (Å²) in [6.07, 6.45) is 0. The van der Waals surface area contributed by atoms with Crippen LogP contribution in [0, 0.1) is 5.82 Å². The van der Waals surface area contributed by atoms with E-state index in [1.807, 2.05) is 0 Å². The van der Waals surface area contributed by atoms with Gasteiger partial charge in [0.2, 0.25) is 10.0 Å². The Morgan fingerprint density at radius 2 is 2.11 bits per heavy atom. The first-order chi connectivity index (χ1) is 8.97. The van der Waals surface area contributed by atoms with Gasteiger partial charge in [0, 0.05) is 25.8 Å². The van der Waals surface area contributed by atoms with E-state index in [1.165, 1.54) is 23.5 Å². The summed E-state index contributed by atoms with van der Waals surface area (Å²) in [5.41, 5.74) is 0.172. The van der Waals surface area contributed by atoms with Crippen LogP contribution in [-0.4, -0.2) is 39.5 Å². The average Bonchev–Trinajstić information content (AvgIpc) is 2.39. The lowest BCUT2D eigenvalue weighted by Crippen LogP contribution is -2.33. The van der Waals surface area contributed by atoms with Crippen molar-refractivity contribution in [3.8, 4) is 0 Å². The van der Waals surface area contributed by atoms with Gasteiger partial charge in [-0.1, -0.05) is 6.92 Å². The summed E-state index contributed by atoms with van der Waals surface area (Å²) >= 11 is 5.58. The standard InChI is InChI=1S/C12H17ClFNO3S/c1-3-15(6-7-18-2)19(16,17)11-4-5-12(14)10(8-11)9-13/h4-5,8H,3,6-7,9H2,1-2H3. The fraction of sp³-hybridized carbons (Fsp3) is 0.500. The molecular formula is C12H17ClFNO3S. The predicted octanol–water partition coefficient (Wildman–Crippen LogP) is 2.22. The Hall–Kier alpha value is -0.690. The maximum absolute atomic E-state index is 13.3. The van der Waals surface area contributed by atoms with Crippen molar-refractivity contribution in [1.29, 1.82) is 0 Å². The zero-order valence-corrected chi connectivity index (χ0v) is 12.5. The minimum atomic E-state index is -3.64. The summed E-state index contributed by atoms with van der Waals surface area (Å²) in [6, 6.07) is 3.64. The Morgan fingerprint density at radius 1 is 1.42 bits per heavy atom. The quantitative estimate of drug-likeness (QED) is 0.726. The summed E-state index contributed by atoms with van der Waals surface area (Å²) in [5, 5.41) is 0. The van der Waals surface area contributed by atoms with Gasteiger partial charge >= 0.3 is 0 Å². The first-order valence-corrected chi connectivity index (χ1v) is 7.78. The molecule has 1 aromatic carbocycles. The Balaban J connectivity index is 3.11. The number of likely N-dealkylation sites (N-methyl/N-ethyl adjacent to an activating group) is 1. The molecule has 0 aliphatic carbocycles. The van der Waals surface area contributed by atoms with Crippen molar-refractivity contribution in [1.82, 2.24) is 4.31 Å². The van der Waals surface area contributed by atoms with Crippen molar-refractivity contribution >= 4 is 21.6 Å². The molecule has 0 atom stereocenters. The number of nitrogens with zero attached hydrogens (tertiary/aromatic N) is 1. The highest BCUT2D eigenvalue weighted by molar-refractivity contribution is 7.89. The summed E-state index contributed by atoms with van der Waals surface area (Å²) in [4.78, 5) is 0.0440. The van der Waals surface area contributed by atoms with E-state index in [-0.39, 0.29) is 22.9 Å². The number of methoxy groups -OCH3 is 1. The van der Waals surface area contributed by atoms with Crippen LogP contribution >= 0.6 is 11.6 Å². The van der Waals surface area contributed by atoms with Gasteiger partial charge in [-0.15, -0.1) is 11.6 Å². The monoisotopic (exact) mass is 309 g/mol. The van der Waals surface area contributed by atoms with Crippen LogP contribution in [-0.2, 0) is 20.6 Å². The molecular weight excluding hydrogens is 293 g/mol. The van der Waals surface area contributed by atoms with Crippen molar-refractivity contribution < 1.29 is 17.5 Å². The van der Waals surface area contributed by atoms with Crippen molar-refractivity contribution in [2.75, 3.05) is 26.8 Å². The molecule has 0 N–H and O–H groups in total. The van der Waals surface area contributed by atoms with Crippen LogP contribution in [0.4, 0.5) is 4.39 Å². The molecule has 0 unspecified atom stereocenters. The minimum Gasteiger partial charge on any atom is -0.383 e. The largest absolute Gasteiger partial charge is 0.383 e. The van der Waals surface area contributed by atoms with Crippen LogP contribution in [0.3, 0.4) is 0 Å². The maximum Gasteiger partial charge on any atom is 0.243 e. The van der Waals surface area contributed by atoms with Gasteiger partial charge in [0.15, 0.2) is 0 Å². The van der Waals surface area contributed by atoms with Gasteiger partial charge in [-0.05, 0) is 18.2 Å². The minimum absolute atomic E-state index is 0.0440. The number of hydrogen-bond acceptors (Lipinski definition) is 3. The zero-order chi connectivity index (χ0) is 14.5. The molecule has 1 aromatic rings. The molecule has 0 amide bonds. The van der Waals surface area contributed by atoms with Crippen LogP contribution in [0.5, 0.6) is 0 Å². The molecule has 1 rings (SSSR count). The number of alkyl halides is 1. The molecule has 0 bridgehead atoms. The molecule has 19 heavy (non-hydrogen) atoms. The van der Waals surface area contributed by atoms with Gasteiger partial charge in [0.25, 0.3) is 0 Å². The number of rotatable bonds is 7. The van der Waals surface area contributed by atoms with Gasteiger partial charge < -0.3 is 4.74 Å². The predicted molar refractivity (Wildman–Crippen MR) is 72.3 cm³/mol. The number of benzene rings is 1. The highest BCUT2D eigenvalue weighted by Crippen LogP contribution is 2.20. The summed E-state index contributed by atoms with van der Waals surface area (Å²) < 4.78 is 44.2. The van der Waals surface area contributed by atoms with E-state index < -0.39 is 15.8 Å². The van der Waals surface area contributed by atoms with E-state index >= 15 is 0 Å². The van der Waals surface area contributed by atoms with E-state index in [0.717, 1.165) is 6.07 Å². The second-order valence-corrected chi connectivity index (χ2v) is 6.08. The summed E-state index contributed by atoms with van der Waals surface area (Å²) in [5.74, 6) is -0.576. The van der Waals surface area contributed by atoms with Crippen LogP contribution in [0.25, 0.3) is 0 Å². The number of sulfonamides is 1. The molecule has 4 nitrogen and oxygen atoms in total. The average molecular weight is 310 g/mol. The van der Waals surface area contributed by atoms with Crippen molar-refractivity contribution in [3.63, 3.8) is 0 Å². The maximum atomic E-state index is 13.3. The molecule has 0 aliphatic rings. The van der Waals surface area contributed by atoms with Crippen molar-refractivity contribution in [2.45, 2.75) is 17.7 Å². The Kier molecular flexibility index (Phi) is 6.19. The van der Waals surface area contributed by atoms with Gasteiger partial charge in [-0.2, -0.15) is 4.31 Å². The third-order valence-electron chi connectivity index (χ3n) is 2.70. The second-order valence-electron chi connectivity index (χ2n) is 3.88. The number of ether oxygens (including phenoxy) is 1. The van der Waals surface area contributed by atoms with Crippen LogP contribution in [0.2, 0.25) is 0 Å². The fourth-order valence-corrected chi connectivity index (χ4v) is 3.29. The van der Waals surface area contributed by atoms with E-state index in [1.54, 1.807) is 6.92 Å². The molecule has 108 valence electrons. The Bertz CT molecular complexity index is 522. The van der Waals surface area contributed by atoms with E-state index in [4.69, 9.17) is 16.3 Å². The van der Waals surface area contributed by atoms with Gasteiger partial charge in [0.1, 0.15) is 5.82 Å². The van der Waals surface area contributed by atoms with E-state index in [0.29, 0.717) is 13.2 Å². The fourth-order valence-electron chi connectivity index (χ4n) is 1.60. The van der Waals surface area contributed by atoms with E-state index in [9.17, 15) is 12.8 Å². The second kappa shape index (κ2) is 7.19. The molecule has 0 aliphatic heterocycles. The Labute approximate surface area is 118 Å².